The van der Waals surface area contributed by atoms with Gasteiger partial charge in [-0.1, -0.05) is 61.9 Å². The highest BCUT2D eigenvalue weighted by Crippen LogP contribution is 2.30. The number of aromatic nitrogens is 6. The summed E-state index contributed by atoms with van der Waals surface area (Å²) in [6.07, 6.45) is 3.98. The number of hydrogen-bond donors (Lipinski definition) is 2. The van der Waals surface area contributed by atoms with Gasteiger partial charge >= 0.3 is 0 Å². The Labute approximate surface area is 188 Å². The van der Waals surface area contributed by atoms with Crippen LogP contribution in [0.15, 0.2) is 48.5 Å². The molecule has 2 N–H and O–H groups in total. The zero-order valence-corrected chi connectivity index (χ0v) is 18.9. The number of H-pyrrole nitrogens is 1. The highest BCUT2D eigenvalue weighted by Gasteiger charge is 2.19. The van der Waals surface area contributed by atoms with E-state index < -0.39 is 0 Å². The first-order valence-electron chi connectivity index (χ1n) is 11.2. The van der Waals surface area contributed by atoms with Crippen molar-refractivity contribution >= 4 is 0 Å². The van der Waals surface area contributed by atoms with Crippen LogP contribution in [0.2, 0.25) is 0 Å². The average Bonchev–Trinajstić information content (AvgIpc) is 3.47. The Bertz CT molecular complexity index is 1150. The second-order valence-corrected chi connectivity index (χ2v) is 8.34. The predicted molar refractivity (Wildman–Crippen MR) is 125 cm³/mol. The van der Waals surface area contributed by atoms with E-state index in [2.05, 4.69) is 76.4 Å². The average molecular weight is 431 g/mol. The molecule has 2 aromatic carbocycles. The molecule has 0 bridgehead atoms. The summed E-state index contributed by atoms with van der Waals surface area (Å²) in [6, 6.07) is 16.9. The normalized spacial score (nSPS) is 11.4. The summed E-state index contributed by atoms with van der Waals surface area (Å²) in [5.41, 5.74) is 7.54. The number of nitrogens with one attached hydrogen (secondary N) is 1. The molecule has 2 heterocycles. The van der Waals surface area contributed by atoms with Gasteiger partial charge in [-0.2, -0.15) is 5.10 Å². The van der Waals surface area contributed by atoms with Gasteiger partial charge in [0.2, 0.25) is 0 Å². The summed E-state index contributed by atoms with van der Waals surface area (Å²) in [5.74, 6) is 0.652. The number of benzene rings is 2. The van der Waals surface area contributed by atoms with Gasteiger partial charge in [0.25, 0.3) is 0 Å². The summed E-state index contributed by atoms with van der Waals surface area (Å²) in [6.45, 7) is 6.45. The number of rotatable bonds is 9. The smallest absolute Gasteiger partial charge is 0.180 e. The fourth-order valence-electron chi connectivity index (χ4n) is 4.14. The molecule has 2 aromatic heterocycles. The third-order valence-corrected chi connectivity index (χ3v) is 5.78. The number of unbranched alkanes of at least 4 members (excludes halogenated alkanes) is 1. The standard InChI is InChI=1S/C25H30N6O/c1-4-5-10-24-22(23(16-32)28-31(24)17(2)3)15-18-11-13-19(14-12-18)20-8-6-7-9-21(20)25-26-29-30-27-25/h6-9,11-14,17,32H,4-5,10,15-16H2,1-3H3,(H,26,27,29,30). The van der Waals surface area contributed by atoms with Gasteiger partial charge in [0.15, 0.2) is 5.82 Å². The van der Waals surface area contributed by atoms with E-state index in [-0.39, 0.29) is 12.6 Å². The van der Waals surface area contributed by atoms with Crippen LogP contribution in [0.3, 0.4) is 0 Å². The minimum atomic E-state index is -0.0368. The maximum absolute atomic E-state index is 9.96. The van der Waals surface area contributed by atoms with Crippen molar-refractivity contribution in [2.75, 3.05) is 0 Å². The van der Waals surface area contributed by atoms with Gasteiger partial charge in [-0.15, -0.1) is 5.10 Å². The van der Waals surface area contributed by atoms with Crippen LogP contribution in [0.5, 0.6) is 0 Å². The first-order chi connectivity index (χ1) is 15.6. The van der Waals surface area contributed by atoms with Gasteiger partial charge < -0.3 is 5.11 Å². The molecule has 0 unspecified atom stereocenters. The van der Waals surface area contributed by atoms with Crippen molar-refractivity contribution in [2.45, 2.75) is 59.1 Å². The van der Waals surface area contributed by atoms with Gasteiger partial charge in [-0.25, -0.2) is 5.10 Å². The van der Waals surface area contributed by atoms with Crippen molar-refractivity contribution in [1.82, 2.24) is 30.4 Å². The lowest BCUT2D eigenvalue weighted by atomic mass is 9.95. The van der Waals surface area contributed by atoms with Crippen molar-refractivity contribution in [3.8, 4) is 22.5 Å². The van der Waals surface area contributed by atoms with E-state index >= 15 is 0 Å². The van der Waals surface area contributed by atoms with E-state index in [0.717, 1.165) is 53.6 Å². The van der Waals surface area contributed by atoms with Gasteiger partial charge in [0.1, 0.15) is 0 Å². The Morgan fingerprint density at radius 3 is 2.41 bits per heavy atom. The van der Waals surface area contributed by atoms with Crippen LogP contribution < -0.4 is 0 Å². The Morgan fingerprint density at radius 1 is 1.03 bits per heavy atom. The maximum atomic E-state index is 9.96. The summed E-state index contributed by atoms with van der Waals surface area (Å²) >= 11 is 0. The molecular formula is C25H30N6O. The lowest BCUT2D eigenvalue weighted by Crippen LogP contribution is -2.09. The molecule has 0 aliphatic heterocycles. The minimum absolute atomic E-state index is 0.0368. The molecule has 0 amide bonds. The van der Waals surface area contributed by atoms with Crippen molar-refractivity contribution < 1.29 is 5.11 Å². The van der Waals surface area contributed by atoms with E-state index in [4.69, 9.17) is 5.10 Å². The fourth-order valence-corrected chi connectivity index (χ4v) is 4.14. The second kappa shape index (κ2) is 9.87. The fraction of sp³-hybridized carbons (Fsp3) is 0.360. The predicted octanol–water partition coefficient (Wildman–Crippen LogP) is 4.74. The summed E-state index contributed by atoms with van der Waals surface area (Å²) in [5, 5.41) is 29.0. The number of hydrogen-bond acceptors (Lipinski definition) is 5. The molecule has 166 valence electrons. The highest BCUT2D eigenvalue weighted by molar-refractivity contribution is 5.80. The number of aliphatic hydroxyl groups is 1. The number of aromatic amines is 1. The topological polar surface area (TPSA) is 92.5 Å². The van der Waals surface area contributed by atoms with Crippen LogP contribution >= 0.6 is 0 Å². The Hall–Kier alpha value is -3.32. The summed E-state index contributed by atoms with van der Waals surface area (Å²) < 4.78 is 2.09. The molecule has 0 aliphatic carbocycles. The molecule has 0 spiro atoms. The van der Waals surface area contributed by atoms with E-state index in [1.165, 1.54) is 11.3 Å². The zero-order chi connectivity index (χ0) is 22.5. The molecule has 0 fully saturated rings. The maximum Gasteiger partial charge on any atom is 0.180 e. The molecular weight excluding hydrogens is 400 g/mol. The van der Waals surface area contributed by atoms with Crippen LogP contribution in [0.4, 0.5) is 0 Å². The zero-order valence-electron chi connectivity index (χ0n) is 18.9. The second-order valence-electron chi connectivity index (χ2n) is 8.34. The summed E-state index contributed by atoms with van der Waals surface area (Å²) in [7, 11) is 0. The van der Waals surface area contributed by atoms with Crippen LogP contribution in [0, 0.1) is 0 Å². The van der Waals surface area contributed by atoms with Gasteiger partial charge in [-0.3, -0.25) is 4.68 Å². The van der Waals surface area contributed by atoms with Crippen LogP contribution in [-0.4, -0.2) is 35.5 Å². The Morgan fingerprint density at radius 2 is 1.78 bits per heavy atom. The Balaban J connectivity index is 1.65. The first kappa shape index (κ1) is 21.9. The van der Waals surface area contributed by atoms with Gasteiger partial charge in [0.05, 0.1) is 12.3 Å². The molecule has 7 nitrogen and oxygen atoms in total. The highest BCUT2D eigenvalue weighted by atomic mass is 16.3. The van der Waals surface area contributed by atoms with Crippen LogP contribution in [0.1, 0.15) is 62.2 Å². The molecule has 0 atom stereocenters. The molecule has 32 heavy (non-hydrogen) atoms. The molecule has 0 aliphatic rings. The Kier molecular flexibility index (Phi) is 6.75. The lowest BCUT2D eigenvalue weighted by Gasteiger charge is -2.13. The molecule has 4 aromatic rings. The third kappa shape index (κ3) is 4.48. The van der Waals surface area contributed by atoms with Crippen molar-refractivity contribution in [3.05, 3.63) is 71.0 Å². The van der Waals surface area contributed by atoms with Gasteiger partial charge in [-0.05, 0) is 53.8 Å². The monoisotopic (exact) mass is 430 g/mol. The van der Waals surface area contributed by atoms with E-state index in [1.54, 1.807) is 0 Å². The van der Waals surface area contributed by atoms with Gasteiger partial charge in [0, 0.05) is 29.3 Å². The van der Waals surface area contributed by atoms with Crippen molar-refractivity contribution in [2.24, 2.45) is 0 Å². The number of nitrogens with zero attached hydrogens (tertiary/aromatic N) is 5. The molecule has 0 radical (unpaired) electrons. The third-order valence-electron chi connectivity index (χ3n) is 5.78. The molecule has 7 heteroatoms. The minimum Gasteiger partial charge on any atom is -0.390 e. The summed E-state index contributed by atoms with van der Waals surface area (Å²) in [4.78, 5) is 0. The molecule has 4 rings (SSSR count). The van der Waals surface area contributed by atoms with E-state index in [1.807, 2.05) is 18.2 Å². The largest absolute Gasteiger partial charge is 0.390 e. The van der Waals surface area contributed by atoms with Crippen LogP contribution in [0.25, 0.3) is 22.5 Å². The number of aliphatic hydroxyl groups excluding tert-OH is 1. The lowest BCUT2D eigenvalue weighted by molar-refractivity contribution is 0.273. The first-order valence-corrected chi connectivity index (χ1v) is 11.2. The van der Waals surface area contributed by atoms with Crippen molar-refractivity contribution in [1.29, 1.82) is 0 Å². The van der Waals surface area contributed by atoms with Crippen LogP contribution in [-0.2, 0) is 19.4 Å². The van der Waals surface area contributed by atoms with E-state index in [9.17, 15) is 5.11 Å². The molecule has 0 saturated heterocycles. The number of tetrazole rings is 1. The van der Waals surface area contributed by atoms with Crippen molar-refractivity contribution in [3.63, 3.8) is 0 Å². The molecule has 0 saturated carbocycles. The SMILES string of the molecule is CCCCc1c(Cc2ccc(-c3ccccc3-c3nnn[nH]3)cc2)c(CO)nn1C(C)C. The quantitative estimate of drug-likeness (QED) is 0.400. The van der Waals surface area contributed by atoms with E-state index in [0.29, 0.717) is 5.82 Å².